The second kappa shape index (κ2) is 11.8. The first-order valence-corrected chi connectivity index (χ1v) is 13.2. The zero-order valence-electron chi connectivity index (χ0n) is 20.6. The Morgan fingerprint density at radius 1 is 1.23 bits per heavy atom. The fourth-order valence-electron chi connectivity index (χ4n) is 4.64. The molecule has 39 heavy (non-hydrogen) atoms. The highest BCUT2D eigenvalue weighted by molar-refractivity contribution is 8.18. The molecule has 13 heteroatoms. The second-order valence-electron chi connectivity index (χ2n) is 9.17. The minimum Gasteiger partial charge on any atom is -0.380 e. The van der Waals surface area contributed by atoms with Gasteiger partial charge in [0.05, 0.1) is 17.0 Å². The summed E-state index contributed by atoms with van der Waals surface area (Å²) < 4.78 is 40.2. The molecule has 2 fully saturated rings. The van der Waals surface area contributed by atoms with E-state index in [4.69, 9.17) is 22.7 Å². The number of primary amides is 1. The minimum atomic E-state index is -4.57. The first-order chi connectivity index (χ1) is 18.5. The van der Waals surface area contributed by atoms with Gasteiger partial charge in [-0.05, 0) is 72.6 Å². The van der Waals surface area contributed by atoms with Gasteiger partial charge in [0.25, 0.3) is 11.1 Å². The van der Waals surface area contributed by atoms with E-state index in [-0.39, 0.29) is 41.2 Å². The topological polar surface area (TPSA) is 120 Å². The van der Waals surface area contributed by atoms with Crippen LogP contribution in [0.5, 0.6) is 0 Å². The number of carbonyl (C=O) groups excluding carboxylic acids is 3. The van der Waals surface area contributed by atoms with Crippen molar-refractivity contribution in [2.75, 3.05) is 25.0 Å². The van der Waals surface area contributed by atoms with Crippen molar-refractivity contribution in [1.82, 2.24) is 9.80 Å². The second-order valence-corrected chi connectivity index (χ2v) is 10.6. The number of amides is 3. The quantitative estimate of drug-likeness (QED) is 0.285. The van der Waals surface area contributed by atoms with Crippen molar-refractivity contribution in [2.45, 2.75) is 31.6 Å². The van der Waals surface area contributed by atoms with Gasteiger partial charge in [-0.3, -0.25) is 24.2 Å². The van der Waals surface area contributed by atoms with Gasteiger partial charge in [-0.2, -0.15) is 13.2 Å². The molecule has 206 valence electrons. The Morgan fingerprint density at radius 3 is 2.69 bits per heavy atom. The highest BCUT2D eigenvalue weighted by atomic mass is 35.5. The number of nitrogens with two attached hydrogens (primary N) is 1. The summed E-state index contributed by atoms with van der Waals surface area (Å²) >= 11 is 6.55. The lowest BCUT2D eigenvalue weighted by Gasteiger charge is -2.26. The van der Waals surface area contributed by atoms with Crippen molar-refractivity contribution < 1.29 is 27.6 Å². The lowest BCUT2D eigenvalue weighted by atomic mass is 10.1. The van der Waals surface area contributed by atoms with Crippen LogP contribution in [0.1, 0.15) is 35.1 Å². The van der Waals surface area contributed by atoms with Gasteiger partial charge in [0.15, 0.2) is 0 Å². The average molecular weight is 580 g/mol. The monoisotopic (exact) mass is 579 g/mol. The van der Waals surface area contributed by atoms with Crippen LogP contribution >= 0.6 is 23.4 Å². The number of anilines is 1. The molecular formula is C26H25ClF3N5O3S. The SMILES string of the molecule is N=Cc1cc(C=C2SC(=O)N(CC3CCCN3CC(N)=O)C2=O)ccc1NCc1ccc(Cl)cc1C(F)(F)F. The number of halogens is 4. The maximum Gasteiger partial charge on any atom is 0.416 e. The molecule has 2 aromatic rings. The summed E-state index contributed by atoms with van der Waals surface area (Å²) in [6.45, 7) is 0.745. The third-order valence-corrected chi connectivity index (χ3v) is 7.64. The molecule has 0 radical (unpaired) electrons. The summed E-state index contributed by atoms with van der Waals surface area (Å²) in [4.78, 5) is 40.2. The van der Waals surface area contributed by atoms with Crippen LogP contribution in [-0.2, 0) is 22.3 Å². The Hall–Kier alpha value is -3.35. The number of hydrogen-bond acceptors (Lipinski definition) is 7. The summed E-state index contributed by atoms with van der Waals surface area (Å²) in [5.41, 5.74) is 5.81. The van der Waals surface area contributed by atoms with Gasteiger partial charge < -0.3 is 16.5 Å². The van der Waals surface area contributed by atoms with Crippen molar-refractivity contribution in [3.63, 3.8) is 0 Å². The van der Waals surface area contributed by atoms with E-state index in [0.29, 0.717) is 23.4 Å². The molecule has 3 amide bonds. The van der Waals surface area contributed by atoms with Gasteiger partial charge in [0, 0.05) is 41.6 Å². The van der Waals surface area contributed by atoms with Crippen LogP contribution < -0.4 is 11.1 Å². The van der Waals surface area contributed by atoms with Crippen molar-refractivity contribution >= 4 is 58.4 Å². The van der Waals surface area contributed by atoms with Gasteiger partial charge in [-0.1, -0.05) is 23.7 Å². The van der Waals surface area contributed by atoms with Crippen LogP contribution in [0.15, 0.2) is 41.3 Å². The molecule has 4 rings (SSSR count). The normalized spacial score (nSPS) is 19.2. The van der Waals surface area contributed by atoms with Crippen LogP contribution in [0.25, 0.3) is 6.08 Å². The molecule has 1 atom stereocenters. The largest absolute Gasteiger partial charge is 0.416 e. The number of likely N-dealkylation sites (tertiary alicyclic amines) is 1. The minimum absolute atomic E-state index is 0.00256. The molecule has 0 bridgehead atoms. The van der Waals surface area contributed by atoms with Crippen molar-refractivity contribution in [3.05, 3.63) is 68.6 Å². The van der Waals surface area contributed by atoms with Gasteiger partial charge in [0.2, 0.25) is 5.91 Å². The highest BCUT2D eigenvalue weighted by Gasteiger charge is 2.39. The van der Waals surface area contributed by atoms with Gasteiger partial charge in [-0.15, -0.1) is 0 Å². The summed E-state index contributed by atoms with van der Waals surface area (Å²) in [7, 11) is 0. The van der Waals surface area contributed by atoms with E-state index in [0.717, 1.165) is 41.8 Å². The Balaban J connectivity index is 1.47. The Morgan fingerprint density at radius 2 is 2.00 bits per heavy atom. The fourth-order valence-corrected chi connectivity index (χ4v) is 5.66. The predicted molar refractivity (Wildman–Crippen MR) is 145 cm³/mol. The molecule has 2 heterocycles. The van der Waals surface area contributed by atoms with Crippen molar-refractivity contribution in [2.24, 2.45) is 5.73 Å². The molecule has 4 N–H and O–H groups in total. The summed E-state index contributed by atoms with van der Waals surface area (Å²) in [5.74, 6) is -0.915. The predicted octanol–water partition coefficient (Wildman–Crippen LogP) is 4.95. The van der Waals surface area contributed by atoms with E-state index >= 15 is 0 Å². The van der Waals surface area contributed by atoms with E-state index in [1.807, 2.05) is 4.90 Å². The Kier molecular flexibility index (Phi) is 8.67. The van der Waals surface area contributed by atoms with Gasteiger partial charge in [0.1, 0.15) is 0 Å². The molecule has 2 aliphatic heterocycles. The maximum atomic E-state index is 13.4. The number of imide groups is 1. The van der Waals surface area contributed by atoms with Crippen LogP contribution in [0.3, 0.4) is 0 Å². The zero-order chi connectivity index (χ0) is 28.3. The first kappa shape index (κ1) is 28.7. The molecule has 0 spiro atoms. The van der Waals surface area contributed by atoms with Gasteiger partial charge >= 0.3 is 6.18 Å². The lowest BCUT2D eigenvalue weighted by molar-refractivity contribution is -0.138. The van der Waals surface area contributed by atoms with E-state index in [2.05, 4.69) is 5.32 Å². The Bertz CT molecular complexity index is 1350. The van der Waals surface area contributed by atoms with Crippen molar-refractivity contribution in [3.8, 4) is 0 Å². The number of nitrogens with one attached hydrogen (secondary N) is 2. The standard InChI is InChI=1S/C26H25ClF3N5O3S/c27-18-5-4-16(20(10-18)26(28,29)30)12-33-21-6-3-15(8-17(21)11-31)9-22-24(37)35(25(38)39-22)13-19-2-1-7-34(19)14-23(32)36/h3-6,8-11,19,31,33H,1-2,7,12-14H2,(H2,32,36). The van der Waals surface area contributed by atoms with Crippen LogP contribution in [0, 0.1) is 5.41 Å². The van der Waals surface area contributed by atoms with E-state index in [9.17, 15) is 27.6 Å². The third kappa shape index (κ3) is 6.81. The highest BCUT2D eigenvalue weighted by Crippen LogP contribution is 2.35. The molecule has 2 saturated heterocycles. The first-order valence-electron chi connectivity index (χ1n) is 12.0. The van der Waals surface area contributed by atoms with Gasteiger partial charge in [-0.25, -0.2) is 0 Å². The van der Waals surface area contributed by atoms with Crippen LogP contribution in [0.4, 0.5) is 23.7 Å². The number of alkyl halides is 3. The van der Waals surface area contributed by atoms with Crippen LogP contribution in [0.2, 0.25) is 5.02 Å². The number of nitrogens with zero attached hydrogens (tertiary/aromatic N) is 2. The molecule has 0 saturated carbocycles. The number of thioether (sulfide) groups is 1. The smallest absolute Gasteiger partial charge is 0.380 e. The fraction of sp³-hybridized carbons (Fsp3) is 0.308. The number of benzene rings is 2. The molecular weight excluding hydrogens is 555 g/mol. The average Bonchev–Trinajstić information content (AvgIpc) is 3.41. The summed E-state index contributed by atoms with van der Waals surface area (Å²) in [6.07, 6.45) is -0.404. The molecule has 1 unspecified atom stereocenters. The number of hydrogen-bond donors (Lipinski definition) is 3. The maximum absolute atomic E-state index is 13.4. The lowest BCUT2D eigenvalue weighted by Crippen LogP contribution is -2.45. The molecule has 0 aliphatic carbocycles. The summed E-state index contributed by atoms with van der Waals surface area (Å²) in [6, 6.07) is 8.24. The van der Waals surface area contributed by atoms with E-state index < -0.39 is 28.8 Å². The summed E-state index contributed by atoms with van der Waals surface area (Å²) in [5, 5.41) is 10.3. The van der Waals surface area contributed by atoms with Crippen molar-refractivity contribution in [1.29, 1.82) is 5.41 Å². The molecule has 2 aromatic carbocycles. The third-order valence-electron chi connectivity index (χ3n) is 6.50. The molecule has 0 aromatic heterocycles. The Labute approximate surface area is 231 Å². The molecule has 8 nitrogen and oxygen atoms in total. The van der Waals surface area contributed by atoms with E-state index in [1.165, 1.54) is 12.1 Å². The zero-order valence-corrected chi connectivity index (χ0v) is 22.1. The van der Waals surface area contributed by atoms with E-state index in [1.54, 1.807) is 24.3 Å². The number of rotatable bonds is 9. The molecule has 2 aliphatic rings. The number of carbonyl (C=O) groups is 3. The van der Waals surface area contributed by atoms with Crippen LogP contribution in [-0.4, -0.2) is 58.7 Å².